The number of ether oxygens (including phenoxy) is 1. The van der Waals surface area contributed by atoms with Crippen molar-refractivity contribution in [2.75, 3.05) is 44.7 Å². The normalized spacial score (nSPS) is 22.1. The van der Waals surface area contributed by atoms with Crippen molar-refractivity contribution in [3.8, 4) is 0 Å². The average molecular weight is 530 g/mol. The molecule has 3 rings (SSSR count). The Balaban J connectivity index is 0.00000320. The lowest BCUT2D eigenvalue weighted by molar-refractivity contribution is -0.133. The lowest BCUT2D eigenvalue weighted by Crippen LogP contribution is -2.45. The third-order valence-electron chi connectivity index (χ3n) is 5.39. The first-order valence-electron chi connectivity index (χ1n) is 10.5. The summed E-state index contributed by atoms with van der Waals surface area (Å²) >= 11 is 0. The van der Waals surface area contributed by atoms with Gasteiger partial charge in [0.1, 0.15) is 5.82 Å². The van der Waals surface area contributed by atoms with Crippen molar-refractivity contribution in [3.05, 3.63) is 23.9 Å². The third-order valence-corrected chi connectivity index (χ3v) is 5.39. The minimum Gasteiger partial charge on any atom is -0.375 e. The van der Waals surface area contributed by atoms with E-state index in [9.17, 15) is 4.79 Å². The van der Waals surface area contributed by atoms with Crippen LogP contribution in [0.1, 0.15) is 32.8 Å². The maximum Gasteiger partial charge on any atom is 0.225 e. The molecule has 2 unspecified atom stereocenters. The molecule has 2 aliphatic rings. The van der Waals surface area contributed by atoms with Crippen LogP contribution >= 0.6 is 24.0 Å². The maximum atomic E-state index is 12.2. The van der Waals surface area contributed by atoms with Crippen LogP contribution in [0.15, 0.2) is 23.3 Å². The fourth-order valence-corrected chi connectivity index (χ4v) is 3.79. The van der Waals surface area contributed by atoms with E-state index in [0.29, 0.717) is 6.54 Å². The van der Waals surface area contributed by atoms with Gasteiger partial charge in [-0.05, 0) is 31.0 Å². The van der Waals surface area contributed by atoms with Crippen LogP contribution in [0.4, 0.5) is 5.82 Å². The molecular formula is C21H35IN6O2. The van der Waals surface area contributed by atoms with Gasteiger partial charge in [-0.25, -0.2) is 4.98 Å². The molecule has 1 aromatic rings. The summed E-state index contributed by atoms with van der Waals surface area (Å²) in [5.41, 5.74) is 1.15. The van der Waals surface area contributed by atoms with E-state index in [1.807, 2.05) is 31.0 Å². The van der Waals surface area contributed by atoms with Crippen molar-refractivity contribution in [2.24, 2.45) is 10.9 Å². The summed E-state index contributed by atoms with van der Waals surface area (Å²) in [5.74, 6) is 2.01. The highest BCUT2D eigenvalue weighted by molar-refractivity contribution is 14.0. The number of aliphatic imine (C=N–C) groups is 1. The molecule has 0 saturated carbocycles. The molecule has 0 aliphatic carbocycles. The molecule has 1 amide bonds. The number of morpholine rings is 1. The first-order chi connectivity index (χ1) is 14.0. The number of carbonyl (C=O) groups excluding carboxylic acids is 1. The predicted octanol–water partition coefficient (Wildman–Crippen LogP) is 1.85. The minimum absolute atomic E-state index is 0. The van der Waals surface area contributed by atoms with E-state index >= 15 is 0 Å². The number of amides is 1. The molecule has 0 aromatic carbocycles. The Hall–Kier alpha value is -1.62. The van der Waals surface area contributed by atoms with Gasteiger partial charge in [-0.2, -0.15) is 0 Å². The zero-order valence-electron chi connectivity index (χ0n) is 18.4. The molecule has 168 valence electrons. The van der Waals surface area contributed by atoms with Gasteiger partial charge in [0.05, 0.1) is 12.7 Å². The number of pyridine rings is 1. The van der Waals surface area contributed by atoms with Crippen molar-refractivity contribution >= 4 is 41.7 Å². The highest BCUT2D eigenvalue weighted by Crippen LogP contribution is 2.16. The van der Waals surface area contributed by atoms with E-state index in [1.54, 1.807) is 7.05 Å². The highest BCUT2D eigenvalue weighted by Gasteiger charge is 2.28. The number of halogens is 1. The standard InChI is InChI=1S/C21H34N6O2.HI/c1-15(2)20(28)27-8-6-18(14-27)25-21(22-4)24-12-17-5-7-23-19(11-17)26-9-10-29-16(3)13-26;/h5,7,11,15-16,18H,6,8-10,12-14H2,1-4H3,(H2,22,24,25);1H. The Morgan fingerprint density at radius 3 is 2.87 bits per heavy atom. The van der Waals surface area contributed by atoms with Crippen molar-refractivity contribution in [1.82, 2.24) is 20.5 Å². The third kappa shape index (κ3) is 6.69. The van der Waals surface area contributed by atoms with Gasteiger partial charge in [-0.3, -0.25) is 9.79 Å². The van der Waals surface area contributed by atoms with E-state index in [0.717, 1.165) is 56.5 Å². The van der Waals surface area contributed by atoms with Crippen LogP contribution in [-0.2, 0) is 16.1 Å². The number of hydrogen-bond acceptors (Lipinski definition) is 5. The molecule has 2 atom stereocenters. The van der Waals surface area contributed by atoms with Crippen LogP contribution in [0.5, 0.6) is 0 Å². The topological polar surface area (TPSA) is 82.1 Å². The average Bonchev–Trinajstić information content (AvgIpc) is 3.19. The van der Waals surface area contributed by atoms with Gasteiger partial charge in [0.15, 0.2) is 5.96 Å². The van der Waals surface area contributed by atoms with E-state index in [1.165, 1.54) is 0 Å². The molecule has 9 heteroatoms. The first kappa shape index (κ1) is 24.6. The van der Waals surface area contributed by atoms with Crippen molar-refractivity contribution in [1.29, 1.82) is 0 Å². The van der Waals surface area contributed by atoms with Gasteiger partial charge >= 0.3 is 0 Å². The quantitative estimate of drug-likeness (QED) is 0.344. The molecular weight excluding hydrogens is 495 g/mol. The predicted molar refractivity (Wildman–Crippen MR) is 130 cm³/mol. The SMILES string of the molecule is CN=C(NCc1ccnc(N2CCOC(C)C2)c1)NC1CCN(C(=O)C(C)C)C1.I. The molecule has 2 saturated heterocycles. The summed E-state index contributed by atoms with van der Waals surface area (Å²) < 4.78 is 5.62. The zero-order chi connectivity index (χ0) is 20.8. The number of guanidine groups is 1. The number of aromatic nitrogens is 1. The fraction of sp³-hybridized carbons (Fsp3) is 0.667. The Bertz CT molecular complexity index is 729. The van der Waals surface area contributed by atoms with Gasteiger partial charge in [0, 0.05) is 57.9 Å². The van der Waals surface area contributed by atoms with Crippen LogP contribution in [-0.4, -0.2) is 73.7 Å². The number of rotatable bonds is 5. The maximum absolute atomic E-state index is 12.2. The van der Waals surface area contributed by atoms with Gasteiger partial charge in [-0.1, -0.05) is 13.8 Å². The molecule has 2 aliphatic heterocycles. The first-order valence-corrected chi connectivity index (χ1v) is 10.5. The van der Waals surface area contributed by atoms with Crippen LogP contribution in [0.2, 0.25) is 0 Å². The monoisotopic (exact) mass is 530 g/mol. The van der Waals surface area contributed by atoms with E-state index < -0.39 is 0 Å². The van der Waals surface area contributed by atoms with Crippen LogP contribution in [0, 0.1) is 5.92 Å². The van der Waals surface area contributed by atoms with Crippen LogP contribution < -0.4 is 15.5 Å². The molecule has 0 radical (unpaired) electrons. The molecule has 3 heterocycles. The molecule has 1 aromatic heterocycles. The van der Waals surface area contributed by atoms with E-state index in [4.69, 9.17) is 4.74 Å². The smallest absolute Gasteiger partial charge is 0.225 e. The summed E-state index contributed by atoms with van der Waals surface area (Å²) in [5, 5.41) is 6.83. The number of anilines is 1. The Morgan fingerprint density at radius 2 is 2.17 bits per heavy atom. The summed E-state index contributed by atoms with van der Waals surface area (Å²) in [4.78, 5) is 25.2. The molecule has 30 heavy (non-hydrogen) atoms. The second-order valence-electron chi connectivity index (χ2n) is 8.14. The largest absolute Gasteiger partial charge is 0.375 e. The summed E-state index contributed by atoms with van der Waals surface area (Å²) in [6, 6.07) is 4.37. The number of hydrogen-bond donors (Lipinski definition) is 2. The lowest BCUT2D eigenvalue weighted by atomic mass is 10.2. The molecule has 2 fully saturated rings. The van der Waals surface area contributed by atoms with Crippen molar-refractivity contribution in [3.63, 3.8) is 0 Å². The molecule has 8 nitrogen and oxygen atoms in total. The number of likely N-dealkylation sites (tertiary alicyclic amines) is 1. The van der Waals surface area contributed by atoms with Crippen LogP contribution in [0.3, 0.4) is 0 Å². The summed E-state index contributed by atoms with van der Waals surface area (Å²) in [7, 11) is 1.77. The van der Waals surface area contributed by atoms with E-state index in [-0.39, 0.29) is 47.9 Å². The molecule has 0 bridgehead atoms. The Kier molecular flexibility index (Phi) is 9.60. The van der Waals surface area contributed by atoms with E-state index in [2.05, 4.69) is 38.5 Å². The van der Waals surface area contributed by atoms with Gasteiger partial charge in [-0.15, -0.1) is 24.0 Å². The van der Waals surface area contributed by atoms with Gasteiger partial charge < -0.3 is 25.2 Å². The molecule has 2 N–H and O–H groups in total. The Labute approximate surface area is 196 Å². The van der Waals surface area contributed by atoms with Crippen molar-refractivity contribution < 1.29 is 9.53 Å². The van der Waals surface area contributed by atoms with Gasteiger partial charge in [0.25, 0.3) is 0 Å². The highest BCUT2D eigenvalue weighted by atomic mass is 127. The van der Waals surface area contributed by atoms with Crippen LogP contribution in [0.25, 0.3) is 0 Å². The summed E-state index contributed by atoms with van der Waals surface area (Å²) in [6.07, 6.45) is 3.02. The van der Waals surface area contributed by atoms with Crippen molar-refractivity contribution in [2.45, 2.75) is 45.9 Å². The second-order valence-corrected chi connectivity index (χ2v) is 8.14. The lowest BCUT2D eigenvalue weighted by Gasteiger charge is -2.32. The number of nitrogens with zero attached hydrogens (tertiary/aromatic N) is 4. The fourth-order valence-electron chi connectivity index (χ4n) is 3.79. The molecule has 0 spiro atoms. The minimum atomic E-state index is 0. The number of nitrogens with one attached hydrogen (secondary N) is 2. The second kappa shape index (κ2) is 11.7. The zero-order valence-corrected chi connectivity index (χ0v) is 20.8. The Morgan fingerprint density at radius 1 is 1.37 bits per heavy atom. The van der Waals surface area contributed by atoms with Gasteiger partial charge in [0.2, 0.25) is 5.91 Å². The number of carbonyl (C=O) groups is 1. The summed E-state index contributed by atoms with van der Waals surface area (Å²) in [6.45, 7) is 10.6.